The number of benzene rings is 1. The van der Waals surface area contributed by atoms with Crippen molar-refractivity contribution in [1.29, 1.82) is 0 Å². The van der Waals surface area contributed by atoms with Crippen molar-refractivity contribution in [1.82, 2.24) is 4.90 Å². The maximum absolute atomic E-state index is 12.4. The van der Waals surface area contributed by atoms with Crippen LogP contribution < -0.4 is 5.32 Å². The Hall–Kier alpha value is -0.820. The van der Waals surface area contributed by atoms with Gasteiger partial charge in [0.2, 0.25) is 5.91 Å². The van der Waals surface area contributed by atoms with Crippen LogP contribution in [0.15, 0.2) is 18.2 Å². The van der Waals surface area contributed by atoms with Crippen molar-refractivity contribution in [2.45, 2.75) is 18.9 Å². The molecule has 1 fully saturated rings. The lowest BCUT2D eigenvalue weighted by Crippen LogP contribution is -2.41. The summed E-state index contributed by atoms with van der Waals surface area (Å²) < 4.78 is 22.5. The standard InChI is InChI=1S/C14H18Cl2N2O3S/c1-22(20,21)6-5-18-4-2-3-13(18)14(19)17-12-8-10(15)7-11(16)9-12/h7-9,13H,2-6H2,1H3,(H,17,19)/t13-/m0/s1. The normalized spacial score (nSPS) is 19.3. The maximum Gasteiger partial charge on any atom is 0.241 e. The molecular weight excluding hydrogens is 347 g/mol. The molecule has 1 saturated heterocycles. The van der Waals surface area contributed by atoms with Crippen LogP contribution in [0.4, 0.5) is 5.69 Å². The summed E-state index contributed by atoms with van der Waals surface area (Å²) in [6, 6.07) is 4.52. The summed E-state index contributed by atoms with van der Waals surface area (Å²) in [6.45, 7) is 1.09. The molecule has 1 aliphatic rings. The molecule has 1 heterocycles. The molecule has 0 spiro atoms. The van der Waals surface area contributed by atoms with Gasteiger partial charge in [0.15, 0.2) is 0 Å². The van der Waals surface area contributed by atoms with E-state index in [1.54, 1.807) is 18.2 Å². The van der Waals surface area contributed by atoms with Gasteiger partial charge in [-0.1, -0.05) is 23.2 Å². The Balaban J connectivity index is 2.01. The molecule has 5 nitrogen and oxygen atoms in total. The largest absolute Gasteiger partial charge is 0.325 e. The number of carbonyl (C=O) groups excluding carboxylic acids is 1. The van der Waals surface area contributed by atoms with Crippen LogP contribution in [0.1, 0.15) is 12.8 Å². The van der Waals surface area contributed by atoms with Gasteiger partial charge in [-0.3, -0.25) is 9.69 Å². The second-order valence-corrected chi connectivity index (χ2v) is 8.60. The zero-order valence-electron chi connectivity index (χ0n) is 12.2. The lowest BCUT2D eigenvalue weighted by molar-refractivity contribution is -0.120. The maximum atomic E-state index is 12.4. The zero-order chi connectivity index (χ0) is 16.3. The van der Waals surface area contributed by atoms with Gasteiger partial charge in [0.1, 0.15) is 9.84 Å². The molecule has 8 heteroatoms. The van der Waals surface area contributed by atoms with Crippen molar-refractivity contribution in [2.24, 2.45) is 0 Å². The minimum atomic E-state index is -3.04. The lowest BCUT2D eigenvalue weighted by atomic mass is 10.2. The molecule has 0 saturated carbocycles. The Morgan fingerprint density at radius 2 is 1.95 bits per heavy atom. The van der Waals surface area contributed by atoms with Crippen LogP contribution in [0.3, 0.4) is 0 Å². The van der Waals surface area contributed by atoms with E-state index < -0.39 is 9.84 Å². The van der Waals surface area contributed by atoms with Gasteiger partial charge in [-0.15, -0.1) is 0 Å². The highest BCUT2D eigenvalue weighted by atomic mass is 35.5. The molecule has 2 rings (SSSR count). The molecular formula is C14H18Cl2N2O3S. The third kappa shape index (κ3) is 5.12. The van der Waals surface area contributed by atoms with Crippen LogP contribution in [0.25, 0.3) is 0 Å². The first-order valence-corrected chi connectivity index (χ1v) is 9.75. The van der Waals surface area contributed by atoms with Gasteiger partial charge in [0, 0.05) is 28.5 Å². The minimum absolute atomic E-state index is 0.0553. The lowest BCUT2D eigenvalue weighted by Gasteiger charge is -2.23. The second kappa shape index (κ2) is 7.17. The quantitative estimate of drug-likeness (QED) is 0.871. The van der Waals surface area contributed by atoms with E-state index in [0.29, 0.717) is 28.7 Å². The molecule has 0 aromatic heterocycles. The Bertz CT molecular complexity index is 644. The van der Waals surface area contributed by atoms with Crippen molar-refractivity contribution in [3.8, 4) is 0 Å². The topological polar surface area (TPSA) is 66.5 Å². The van der Waals surface area contributed by atoms with Gasteiger partial charge in [-0.05, 0) is 37.6 Å². The number of anilines is 1. The number of hydrogen-bond acceptors (Lipinski definition) is 4. The van der Waals surface area contributed by atoms with Gasteiger partial charge in [-0.2, -0.15) is 0 Å². The summed E-state index contributed by atoms with van der Waals surface area (Å²) in [7, 11) is -3.04. The number of amides is 1. The summed E-state index contributed by atoms with van der Waals surface area (Å²) >= 11 is 11.8. The predicted octanol–water partition coefficient (Wildman–Crippen LogP) is 2.44. The molecule has 0 aliphatic carbocycles. The number of likely N-dealkylation sites (tertiary alicyclic amines) is 1. The van der Waals surface area contributed by atoms with E-state index in [1.807, 2.05) is 4.90 Å². The van der Waals surface area contributed by atoms with E-state index in [-0.39, 0.29) is 17.7 Å². The SMILES string of the molecule is CS(=O)(=O)CCN1CCC[C@H]1C(=O)Nc1cc(Cl)cc(Cl)c1. The summed E-state index contributed by atoms with van der Waals surface area (Å²) in [5.74, 6) is -0.107. The van der Waals surface area contributed by atoms with Gasteiger partial charge >= 0.3 is 0 Å². The van der Waals surface area contributed by atoms with Gasteiger partial charge in [0.25, 0.3) is 0 Å². The minimum Gasteiger partial charge on any atom is -0.325 e. The van der Waals surface area contributed by atoms with Crippen molar-refractivity contribution >= 4 is 44.6 Å². The Morgan fingerprint density at radius 1 is 1.32 bits per heavy atom. The third-order valence-electron chi connectivity index (χ3n) is 3.55. The highest BCUT2D eigenvalue weighted by Gasteiger charge is 2.31. The summed E-state index contributed by atoms with van der Waals surface area (Å²) in [4.78, 5) is 14.3. The first-order valence-electron chi connectivity index (χ1n) is 6.93. The van der Waals surface area contributed by atoms with E-state index in [2.05, 4.69) is 5.32 Å². The number of halogens is 2. The molecule has 1 N–H and O–H groups in total. The molecule has 1 atom stereocenters. The summed E-state index contributed by atoms with van der Waals surface area (Å²) in [6.07, 6.45) is 2.79. The summed E-state index contributed by atoms with van der Waals surface area (Å²) in [5, 5.41) is 3.69. The highest BCUT2D eigenvalue weighted by Crippen LogP contribution is 2.24. The average Bonchev–Trinajstić information content (AvgIpc) is 2.82. The van der Waals surface area contributed by atoms with Gasteiger partial charge in [-0.25, -0.2) is 8.42 Å². The number of sulfone groups is 1. The van der Waals surface area contributed by atoms with Crippen LogP contribution in [0, 0.1) is 0 Å². The number of carbonyl (C=O) groups is 1. The second-order valence-electron chi connectivity index (χ2n) is 5.47. The Kier molecular flexibility index (Phi) is 5.71. The number of rotatable bonds is 5. The zero-order valence-corrected chi connectivity index (χ0v) is 14.5. The van der Waals surface area contributed by atoms with Crippen LogP contribution in [0.2, 0.25) is 10.0 Å². The van der Waals surface area contributed by atoms with Crippen LogP contribution in [-0.2, 0) is 14.6 Å². The third-order valence-corrected chi connectivity index (χ3v) is 4.91. The molecule has 22 heavy (non-hydrogen) atoms. The van der Waals surface area contributed by atoms with Crippen molar-refractivity contribution in [2.75, 3.05) is 30.4 Å². The smallest absolute Gasteiger partial charge is 0.241 e. The molecule has 1 aliphatic heterocycles. The number of hydrogen-bond donors (Lipinski definition) is 1. The molecule has 0 bridgehead atoms. The van der Waals surface area contributed by atoms with E-state index in [4.69, 9.17) is 23.2 Å². The van der Waals surface area contributed by atoms with Crippen LogP contribution in [0.5, 0.6) is 0 Å². The van der Waals surface area contributed by atoms with E-state index in [9.17, 15) is 13.2 Å². The first-order chi connectivity index (χ1) is 10.2. The first kappa shape index (κ1) is 17.5. The van der Waals surface area contributed by atoms with Gasteiger partial charge in [0.05, 0.1) is 11.8 Å². The molecule has 1 aromatic rings. The molecule has 1 amide bonds. The Morgan fingerprint density at radius 3 is 2.55 bits per heavy atom. The fourth-order valence-electron chi connectivity index (χ4n) is 2.53. The van der Waals surface area contributed by atoms with E-state index in [0.717, 1.165) is 13.0 Å². The van der Waals surface area contributed by atoms with Crippen LogP contribution in [-0.4, -0.2) is 50.4 Å². The fraction of sp³-hybridized carbons (Fsp3) is 0.500. The molecule has 0 unspecified atom stereocenters. The van der Waals surface area contributed by atoms with Crippen molar-refractivity contribution < 1.29 is 13.2 Å². The molecule has 0 radical (unpaired) electrons. The van der Waals surface area contributed by atoms with Crippen LogP contribution >= 0.6 is 23.2 Å². The fourth-order valence-corrected chi connectivity index (χ4v) is 3.62. The monoisotopic (exact) mass is 364 g/mol. The summed E-state index contributed by atoms with van der Waals surface area (Å²) in [5.41, 5.74) is 0.539. The number of nitrogens with zero attached hydrogens (tertiary/aromatic N) is 1. The number of nitrogens with one attached hydrogen (secondary N) is 1. The predicted molar refractivity (Wildman–Crippen MR) is 89.4 cm³/mol. The van der Waals surface area contributed by atoms with Gasteiger partial charge < -0.3 is 5.32 Å². The van der Waals surface area contributed by atoms with E-state index >= 15 is 0 Å². The van der Waals surface area contributed by atoms with Crippen molar-refractivity contribution in [3.63, 3.8) is 0 Å². The molecule has 122 valence electrons. The average molecular weight is 365 g/mol. The van der Waals surface area contributed by atoms with Crippen molar-refractivity contribution in [3.05, 3.63) is 28.2 Å². The molecule has 1 aromatic carbocycles. The van der Waals surface area contributed by atoms with E-state index in [1.165, 1.54) is 6.26 Å². The Labute approximate surface area is 140 Å². The highest BCUT2D eigenvalue weighted by molar-refractivity contribution is 7.90.